The van der Waals surface area contributed by atoms with Gasteiger partial charge in [-0.25, -0.2) is 4.98 Å². The molecule has 1 aliphatic heterocycles. The van der Waals surface area contributed by atoms with E-state index in [9.17, 15) is 0 Å². The van der Waals surface area contributed by atoms with E-state index in [1.807, 2.05) is 11.8 Å². The molecule has 2 heterocycles. The molecule has 4 heteroatoms. The third kappa shape index (κ3) is 4.22. The van der Waals surface area contributed by atoms with Gasteiger partial charge < -0.3 is 5.73 Å². The molecule has 0 saturated carbocycles. The molecule has 0 saturated heterocycles. The maximum Gasteiger partial charge on any atom is 0.146 e. The molecule has 1 spiro atoms. The van der Waals surface area contributed by atoms with Crippen molar-refractivity contribution in [2.24, 2.45) is 5.73 Å². The molecule has 10 aromatic rings. The second-order valence-electron chi connectivity index (χ2n) is 16.0. The highest BCUT2D eigenvalue weighted by molar-refractivity contribution is 7.99. The molecule has 0 radical (unpaired) electrons. The van der Waals surface area contributed by atoms with Gasteiger partial charge in [-0.3, -0.25) is 4.57 Å². The Bertz CT molecular complexity index is 3390. The molecule has 3 aliphatic rings. The van der Waals surface area contributed by atoms with Crippen molar-refractivity contribution in [2.45, 2.75) is 28.0 Å². The third-order valence-corrected chi connectivity index (χ3v) is 14.2. The number of aromatic nitrogens is 2. The molecule has 0 unspecified atom stereocenters. The lowest BCUT2D eigenvalue weighted by Gasteiger charge is -2.39. The van der Waals surface area contributed by atoms with Gasteiger partial charge in [0.25, 0.3) is 0 Å². The van der Waals surface area contributed by atoms with Crippen molar-refractivity contribution in [3.05, 3.63) is 209 Å². The molecule has 0 atom stereocenters. The molecule has 272 valence electrons. The van der Waals surface area contributed by atoms with Crippen molar-refractivity contribution >= 4 is 60.7 Å². The summed E-state index contributed by atoms with van der Waals surface area (Å²) in [5.41, 5.74) is 21.6. The van der Waals surface area contributed by atoms with Gasteiger partial charge in [0.15, 0.2) is 0 Å². The van der Waals surface area contributed by atoms with E-state index in [-0.39, 0.29) is 0 Å². The zero-order valence-corrected chi connectivity index (χ0v) is 32.4. The fourth-order valence-electron chi connectivity index (χ4n) is 10.6. The summed E-state index contributed by atoms with van der Waals surface area (Å²) < 4.78 is 2.41. The lowest BCUT2D eigenvalue weighted by Crippen LogP contribution is -2.32. The first kappa shape index (κ1) is 32.2. The second kappa shape index (κ2) is 11.8. The van der Waals surface area contributed by atoms with Crippen molar-refractivity contribution in [2.75, 3.05) is 0 Å². The minimum absolute atomic E-state index is 0.525. The van der Waals surface area contributed by atoms with Gasteiger partial charge in [-0.15, -0.1) is 0 Å². The van der Waals surface area contributed by atoms with Crippen LogP contribution in [0.15, 0.2) is 191 Å². The van der Waals surface area contributed by atoms with Crippen LogP contribution in [0, 0.1) is 0 Å². The molecule has 58 heavy (non-hydrogen) atoms. The summed E-state index contributed by atoms with van der Waals surface area (Å²) in [6.45, 7) is 0. The molecule has 2 aliphatic carbocycles. The lowest BCUT2D eigenvalue weighted by atomic mass is 9.67. The van der Waals surface area contributed by atoms with Gasteiger partial charge in [0.05, 0.1) is 16.4 Å². The predicted octanol–water partition coefficient (Wildman–Crippen LogP) is 13.4. The second-order valence-corrected chi connectivity index (χ2v) is 17.0. The number of rotatable bonds is 3. The maximum atomic E-state index is 6.31. The number of imidazole rings is 1. The predicted molar refractivity (Wildman–Crippen MR) is 241 cm³/mol. The summed E-state index contributed by atoms with van der Waals surface area (Å²) in [5, 5.41) is 7.60. The Kier molecular flexibility index (Phi) is 6.57. The van der Waals surface area contributed by atoms with Crippen LogP contribution in [-0.2, 0) is 5.41 Å². The summed E-state index contributed by atoms with van der Waals surface area (Å²) in [6.07, 6.45) is 6.13. The SMILES string of the molecule is NC1=CC=C(c2cccc3c2-c2ccc(-n4c(-c5ccc6ccc7cccc8ccc5c6c78)nc5ccccc54)cc2C32c3ccccc3Sc3ccccc32)CC1. The number of hydrogen-bond acceptors (Lipinski definition) is 3. The van der Waals surface area contributed by atoms with E-state index >= 15 is 0 Å². The lowest BCUT2D eigenvalue weighted by molar-refractivity contribution is 0.721. The average Bonchev–Trinajstić information content (AvgIpc) is 3.80. The Labute approximate surface area is 340 Å². The topological polar surface area (TPSA) is 43.8 Å². The molecule has 0 amide bonds. The van der Waals surface area contributed by atoms with Crippen LogP contribution >= 0.6 is 11.8 Å². The van der Waals surface area contributed by atoms with Gasteiger partial charge in [-0.1, -0.05) is 139 Å². The number of allylic oxidation sites excluding steroid dienone is 4. The molecule has 0 bridgehead atoms. The number of fused-ring (bicyclic) bond motifs is 10. The van der Waals surface area contributed by atoms with Crippen LogP contribution in [0.4, 0.5) is 0 Å². The smallest absolute Gasteiger partial charge is 0.146 e. The van der Waals surface area contributed by atoms with E-state index in [0.717, 1.165) is 46.6 Å². The van der Waals surface area contributed by atoms with Crippen LogP contribution in [0.1, 0.15) is 40.7 Å². The van der Waals surface area contributed by atoms with Gasteiger partial charge in [-0.2, -0.15) is 0 Å². The van der Waals surface area contributed by atoms with Crippen molar-refractivity contribution in [3.63, 3.8) is 0 Å². The standard InChI is InChI=1S/C54H35N3S/c55-36-25-21-32(22-26-36)38-11-8-14-44-52(38)41-30-27-37(31-45(41)54(44)42-12-1-5-17-48(42)58-49-18-6-2-13-43(49)54)57-47-16-4-3-15-46(47)56-53(57)40-29-24-35-20-19-33-9-7-10-34-23-28-39(40)51(35)50(33)34/h1-21,23-25,27-31H,22,26,55H2. The summed E-state index contributed by atoms with van der Waals surface area (Å²) in [4.78, 5) is 8.06. The summed E-state index contributed by atoms with van der Waals surface area (Å²) in [5.74, 6) is 0.945. The number of nitrogens with two attached hydrogens (primary N) is 1. The Morgan fingerprint density at radius 3 is 2.00 bits per heavy atom. The normalized spacial score (nSPS) is 15.1. The van der Waals surface area contributed by atoms with Gasteiger partial charge in [0, 0.05) is 26.7 Å². The highest BCUT2D eigenvalue weighted by Crippen LogP contribution is 2.63. The highest BCUT2D eigenvalue weighted by atomic mass is 32.2. The fraction of sp³-hybridized carbons (Fsp3) is 0.0556. The summed E-state index contributed by atoms with van der Waals surface area (Å²) in [6, 6.07) is 61.2. The van der Waals surface area contributed by atoms with Gasteiger partial charge in [0.2, 0.25) is 0 Å². The third-order valence-electron chi connectivity index (χ3n) is 13.1. The first-order valence-corrected chi connectivity index (χ1v) is 20.9. The van der Waals surface area contributed by atoms with Gasteiger partial charge in [0.1, 0.15) is 5.82 Å². The van der Waals surface area contributed by atoms with Gasteiger partial charge in [-0.05, 0) is 138 Å². The minimum Gasteiger partial charge on any atom is -0.402 e. The molecule has 1 aromatic heterocycles. The maximum absolute atomic E-state index is 6.31. The van der Waals surface area contributed by atoms with Crippen molar-refractivity contribution in [1.82, 2.24) is 9.55 Å². The first-order valence-electron chi connectivity index (χ1n) is 20.1. The Balaban J connectivity index is 1.13. The van der Waals surface area contributed by atoms with E-state index in [4.69, 9.17) is 10.7 Å². The number of hydrogen-bond donors (Lipinski definition) is 1. The number of nitrogens with zero attached hydrogens (tertiary/aromatic N) is 2. The van der Waals surface area contributed by atoms with Crippen LogP contribution in [0.25, 0.3) is 77.1 Å². The molecular weight excluding hydrogens is 723 g/mol. The van der Waals surface area contributed by atoms with Crippen LogP contribution in [0.5, 0.6) is 0 Å². The Morgan fingerprint density at radius 1 is 0.534 bits per heavy atom. The molecular formula is C54H35N3S. The van der Waals surface area contributed by atoms with Crippen LogP contribution < -0.4 is 5.73 Å². The van der Waals surface area contributed by atoms with E-state index < -0.39 is 5.41 Å². The Morgan fingerprint density at radius 2 is 1.21 bits per heavy atom. The molecule has 0 fully saturated rings. The van der Waals surface area contributed by atoms with Crippen molar-refractivity contribution < 1.29 is 0 Å². The molecule has 9 aromatic carbocycles. The van der Waals surface area contributed by atoms with Gasteiger partial charge >= 0.3 is 0 Å². The number of benzene rings is 9. The Hall–Kier alpha value is -6.88. The van der Waals surface area contributed by atoms with Crippen molar-refractivity contribution in [3.8, 4) is 28.2 Å². The van der Waals surface area contributed by atoms with E-state index in [0.29, 0.717) is 0 Å². The largest absolute Gasteiger partial charge is 0.402 e. The average molecular weight is 758 g/mol. The van der Waals surface area contributed by atoms with Crippen LogP contribution in [0.3, 0.4) is 0 Å². The molecule has 2 N–H and O–H groups in total. The monoisotopic (exact) mass is 757 g/mol. The quantitative estimate of drug-likeness (QED) is 0.183. The number of para-hydroxylation sites is 2. The van der Waals surface area contributed by atoms with E-state index in [1.165, 1.54) is 86.6 Å². The van der Waals surface area contributed by atoms with E-state index in [1.54, 1.807) is 0 Å². The van der Waals surface area contributed by atoms with Crippen molar-refractivity contribution in [1.29, 1.82) is 0 Å². The zero-order valence-electron chi connectivity index (χ0n) is 31.5. The zero-order chi connectivity index (χ0) is 38.1. The first-order chi connectivity index (χ1) is 28.7. The summed E-state index contributed by atoms with van der Waals surface area (Å²) >= 11 is 1.88. The molecule has 13 rings (SSSR count). The fourth-order valence-corrected chi connectivity index (χ4v) is 11.8. The highest BCUT2D eigenvalue weighted by Gasteiger charge is 2.51. The van der Waals surface area contributed by atoms with E-state index in [2.05, 4.69) is 181 Å². The molecule has 3 nitrogen and oxygen atoms in total. The minimum atomic E-state index is -0.525. The van der Waals surface area contributed by atoms with Crippen LogP contribution in [-0.4, -0.2) is 9.55 Å². The summed E-state index contributed by atoms with van der Waals surface area (Å²) in [7, 11) is 0. The van der Waals surface area contributed by atoms with Crippen LogP contribution in [0.2, 0.25) is 0 Å².